The van der Waals surface area contributed by atoms with Crippen molar-refractivity contribution in [1.82, 2.24) is 9.88 Å². The van der Waals surface area contributed by atoms with Crippen molar-refractivity contribution >= 4 is 5.91 Å². The Labute approximate surface area is 112 Å². The molecular weight excluding hydrogens is 244 g/mol. The topological polar surface area (TPSA) is 54.6 Å². The maximum atomic E-state index is 12.2. The van der Waals surface area contributed by atoms with Crippen LogP contribution in [0.5, 0.6) is 0 Å². The molecule has 19 heavy (non-hydrogen) atoms. The molecule has 1 aromatic heterocycles. The Hall–Kier alpha value is -1.33. The summed E-state index contributed by atoms with van der Waals surface area (Å²) in [7, 11) is 1.73. The van der Waals surface area contributed by atoms with Crippen LogP contribution in [0.4, 0.5) is 0 Å². The van der Waals surface area contributed by atoms with E-state index in [9.17, 15) is 4.79 Å². The summed E-state index contributed by atoms with van der Waals surface area (Å²) in [6.45, 7) is 2.21. The quantitative estimate of drug-likeness (QED) is 0.879. The van der Waals surface area contributed by atoms with Gasteiger partial charge in [0.15, 0.2) is 0 Å². The predicted octanol–water partition coefficient (Wildman–Crippen LogP) is 1.42. The molecule has 0 bridgehead atoms. The summed E-state index contributed by atoms with van der Waals surface area (Å²) in [5.41, 5.74) is 0.674. The van der Waals surface area contributed by atoms with Gasteiger partial charge in [-0.3, -0.25) is 4.79 Å². The summed E-state index contributed by atoms with van der Waals surface area (Å²) < 4.78 is 11.3. The van der Waals surface area contributed by atoms with Crippen molar-refractivity contribution in [3.63, 3.8) is 0 Å². The largest absolute Gasteiger partial charge is 0.379 e. The standard InChI is InChI=1S/C14H20N2O3/c1-18-12-8-14(19-10-12)3-6-16(7-4-14)13(17)11-2-5-15-9-11/h2,5,9,12,15H,3-4,6-8,10H2,1H3. The fourth-order valence-corrected chi connectivity index (χ4v) is 3.06. The van der Waals surface area contributed by atoms with Crippen LogP contribution in [-0.4, -0.2) is 54.3 Å². The van der Waals surface area contributed by atoms with Crippen LogP contribution in [-0.2, 0) is 9.47 Å². The van der Waals surface area contributed by atoms with E-state index in [4.69, 9.17) is 9.47 Å². The Morgan fingerprint density at radius 2 is 2.32 bits per heavy atom. The van der Waals surface area contributed by atoms with E-state index in [-0.39, 0.29) is 17.6 Å². The minimum atomic E-state index is -0.0599. The zero-order chi connectivity index (χ0) is 13.3. The first-order valence-corrected chi connectivity index (χ1v) is 6.81. The Kier molecular flexibility index (Phi) is 3.33. The van der Waals surface area contributed by atoms with E-state index in [1.807, 2.05) is 11.0 Å². The second-order valence-electron chi connectivity index (χ2n) is 5.45. The third-order valence-corrected chi connectivity index (χ3v) is 4.32. The first-order chi connectivity index (χ1) is 9.22. The number of piperidine rings is 1. The zero-order valence-corrected chi connectivity index (χ0v) is 11.2. The maximum Gasteiger partial charge on any atom is 0.255 e. The van der Waals surface area contributed by atoms with E-state index in [0.29, 0.717) is 6.61 Å². The molecule has 104 valence electrons. The number of likely N-dealkylation sites (tertiary alicyclic amines) is 1. The molecule has 1 amide bonds. The fraction of sp³-hybridized carbons (Fsp3) is 0.643. The SMILES string of the molecule is COC1COC2(CCN(C(=O)c3cc[nH]c3)CC2)C1. The number of ether oxygens (including phenoxy) is 2. The van der Waals surface area contributed by atoms with Crippen LogP contribution in [0.15, 0.2) is 18.5 Å². The molecule has 2 saturated heterocycles. The van der Waals surface area contributed by atoms with Gasteiger partial charge in [-0.05, 0) is 18.9 Å². The van der Waals surface area contributed by atoms with Gasteiger partial charge >= 0.3 is 0 Å². The summed E-state index contributed by atoms with van der Waals surface area (Å²) in [4.78, 5) is 17.1. The Bertz CT molecular complexity index is 436. The molecule has 1 spiro atoms. The highest BCUT2D eigenvalue weighted by molar-refractivity contribution is 5.94. The number of nitrogens with one attached hydrogen (secondary N) is 1. The summed E-state index contributed by atoms with van der Waals surface area (Å²) >= 11 is 0. The van der Waals surface area contributed by atoms with Crippen LogP contribution in [0.1, 0.15) is 29.6 Å². The van der Waals surface area contributed by atoms with Gasteiger partial charge in [-0.1, -0.05) is 0 Å². The molecule has 2 aliphatic rings. The van der Waals surface area contributed by atoms with Crippen LogP contribution in [0.2, 0.25) is 0 Å². The minimum absolute atomic E-state index is 0.0599. The van der Waals surface area contributed by atoms with Gasteiger partial charge in [0, 0.05) is 39.0 Å². The molecule has 3 heterocycles. The van der Waals surface area contributed by atoms with Gasteiger partial charge in [-0.2, -0.15) is 0 Å². The molecule has 0 aromatic carbocycles. The van der Waals surface area contributed by atoms with Crippen LogP contribution < -0.4 is 0 Å². The van der Waals surface area contributed by atoms with E-state index in [2.05, 4.69) is 4.98 Å². The predicted molar refractivity (Wildman–Crippen MR) is 70.0 cm³/mol. The Morgan fingerprint density at radius 3 is 2.89 bits per heavy atom. The second-order valence-corrected chi connectivity index (χ2v) is 5.45. The molecule has 5 nitrogen and oxygen atoms in total. The summed E-state index contributed by atoms with van der Waals surface area (Å²) in [5, 5.41) is 0. The molecule has 1 aromatic rings. The summed E-state index contributed by atoms with van der Waals surface area (Å²) in [6, 6.07) is 1.82. The lowest BCUT2D eigenvalue weighted by molar-refractivity contribution is -0.0402. The van der Waals surface area contributed by atoms with E-state index < -0.39 is 0 Å². The van der Waals surface area contributed by atoms with Crippen LogP contribution in [0, 0.1) is 0 Å². The number of aromatic nitrogens is 1. The van der Waals surface area contributed by atoms with Crippen molar-refractivity contribution in [2.24, 2.45) is 0 Å². The number of hydrogen-bond donors (Lipinski definition) is 1. The summed E-state index contributed by atoms with van der Waals surface area (Å²) in [5.74, 6) is 0.109. The van der Waals surface area contributed by atoms with Gasteiger partial charge in [0.05, 0.1) is 23.9 Å². The molecule has 1 N–H and O–H groups in total. The number of aromatic amines is 1. The molecule has 1 atom stereocenters. The highest BCUT2D eigenvalue weighted by Gasteiger charge is 2.43. The van der Waals surface area contributed by atoms with Crippen molar-refractivity contribution in [3.05, 3.63) is 24.0 Å². The number of methoxy groups -OCH3 is 1. The first-order valence-electron chi connectivity index (χ1n) is 6.81. The highest BCUT2D eigenvalue weighted by atomic mass is 16.6. The van der Waals surface area contributed by atoms with Gasteiger partial charge < -0.3 is 19.4 Å². The highest BCUT2D eigenvalue weighted by Crippen LogP contribution is 2.37. The maximum absolute atomic E-state index is 12.2. The van der Waals surface area contributed by atoms with E-state index >= 15 is 0 Å². The number of carbonyl (C=O) groups is 1. The molecule has 0 saturated carbocycles. The minimum Gasteiger partial charge on any atom is -0.379 e. The van der Waals surface area contributed by atoms with Crippen molar-refractivity contribution in [1.29, 1.82) is 0 Å². The third-order valence-electron chi connectivity index (χ3n) is 4.32. The second kappa shape index (κ2) is 4.98. The van der Waals surface area contributed by atoms with Crippen molar-refractivity contribution in [2.75, 3.05) is 26.8 Å². The number of rotatable bonds is 2. The van der Waals surface area contributed by atoms with E-state index in [0.717, 1.165) is 37.9 Å². The zero-order valence-electron chi connectivity index (χ0n) is 11.2. The lowest BCUT2D eigenvalue weighted by Crippen LogP contribution is -2.46. The van der Waals surface area contributed by atoms with Gasteiger partial charge in [-0.15, -0.1) is 0 Å². The monoisotopic (exact) mass is 264 g/mol. The van der Waals surface area contributed by atoms with Gasteiger partial charge in [0.25, 0.3) is 5.91 Å². The number of H-pyrrole nitrogens is 1. The molecule has 3 rings (SSSR count). The van der Waals surface area contributed by atoms with E-state index in [1.54, 1.807) is 19.5 Å². The number of amides is 1. The summed E-state index contributed by atoms with van der Waals surface area (Å²) in [6.07, 6.45) is 6.51. The molecule has 1 unspecified atom stereocenters. The van der Waals surface area contributed by atoms with Crippen LogP contribution >= 0.6 is 0 Å². The lowest BCUT2D eigenvalue weighted by Gasteiger charge is -2.38. The molecule has 0 aliphatic carbocycles. The molecule has 5 heteroatoms. The third kappa shape index (κ3) is 2.40. The van der Waals surface area contributed by atoms with Crippen molar-refractivity contribution < 1.29 is 14.3 Å². The normalized spacial score (nSPS) is 25.9. The van der Waals surface area contributed by atoms with Crippen LogP contribution in [0.25, 0.3) is 0 Å². The number of carbonyl (C=O) groups excluding carboxylic acids is 1. The number of nitrogens with zero attached hydrogens (tertiary/aromatic N) is 1. The Morgan fingerprint density at radius 1 is 1.53 bits per heavy atom. The average molecular weight is 264 g/mol. The average Bonchev–Trinajstić information content (AvgIpc) is 3.09. The smallest absolute Gasteiger partial charge is 0.255 e. The first kappa shape index (κ1) is 12.7. The van der Waals surface area contributed by atoms with Gasteiger partial charge in [0.1, 0.15) is 0 Å². The van der Waals surface area contributed by atoms with E-state index in [1.165, 1.54) is 0 Å². The van der Waals surface area contributed by atoms with Gasteiger partial charge in [0.2, 0.25) is 0 Å². The molecular formula is C14H20N2O3. The molecule has 0 radical (unpaired) electrons. The van der Waals surface area contributed by atoms with Crippen molar-refractivity contribution in [2.45, 2.75) is 31.0 Å². The Balaban J connectivity index is 1.59. The van der Waals surface area contributed by atoms with Crippen LogP contribution in [0.3, 0.4) is 0 Å². The fourth-order valence-electron chi connectivity index (χ4n) is 3.06. The molecule has 2 aliphatic heterocycles. The lowest BCUT2D eigenvalue weighted by atomic mass is 9.88. The number of hydrogen-bond acceptors (Lipinski definition) is 3. The van der Waals surface area contributed by atoms with Crippen molar-refractivity contribution in [3.8, 4) is 0 Å². The van der Waals surface area contributed by atoms with Gasteiger partial charge in [-0.25, -0.2) is 0 Å². The molecule has 2 fully saturated rings.